The molecule has 0 heterocycles. The molecule has 0 bridgehead atoms. The zero-order valence-corrected chi connectivity index (χ0v) is 48.9. The molecule has 0 nitrogen and oxygen atoms in total. The van der Waals surface area contributed by atoms with Gasteiger partial charge in [0, 0.05) is 0 Å². The van der Waals surface area contributed by atoms with Crippen LogP contribution < -0.4 is 0 Å². The Balaban J connectivity index is 1.13. The summed E-state index contributed by atoms with van der Waals surface area (Å²) in [5, 5.41) is 9.80. The molecule has 12 aromatic rings. The minimum atomic E-state index is -5.82. The van der Waals surface area contributed by atoms with Gasteiger partial charge in [0.2, 0.25) is 0 Å². The molecule has 4 heteroatoms. The fraction of sp³-hybridized carbons (Fsp3) is 0.0811. The fourth-order valence-electron chi connectivity index (χ4n) is 14.0. The molecule has 14 rings (SSSR count). The topological polar surface area (TPSA) is 0 Å². The molecular weight excluding hydrogens is 1080 g/mol. The molecule has 0 saturated carbocycles. The summed E-state index contributed by atoms with van der Waals surface area (Å²) >= 11 is -5.82. The molecule has 2 unspecified atom stereocenters. The zero-order chi connectivity index (χ0) is 52.6. The second-order valence-electron chi connectivity index (χ2n) is 22.1. The number of rotatable bonds is 11. The van der Waals surface area contributed by atoms with Crippen LogP contribution >= 0.6 is 17.0 Å². The summed E-state index contributed by atoms with van der Waals surface area (Å²) in [5.74, 6) is -2.16. The van der Waals surface area contributed by atoms with E-state index in [9.17, 15) is 17.0 Å². The molecule has 0 aliphatic heterocycles. The van der Waals surface area contributed by atoms with Gasteiger partial charge in [-0.2, -0.15) is 0 Å². The molecule has 0 N–H and O–H groups in total. The SMILES string of the molecule is C[SiH](C)[Zr]([Cl])([Cl])([CH]1C(Cc2ccccc2)=Cc2c(-c3cccc4ccccc34)ccc(-c3cccc4ccccc34)c21)[CH]1C(Cc2ccccc2)=Cc2c(-c3cccc4ccccc34)ccc(-c3cccc4ccccc34)c21. The average Bonchev–Trinajstić information content (AvgIpc) is 4.13. The van der Waals surface area contributed by atoms with Crippen LogP contribution in [-0.2, 0) is 28.4 Å². The molecule has 0 fully saturated rings. The van der Waals surface area contributed by atoms with E-state index in [2.05, 4.69) is 280 Å². The predicted molar refractivity (Wildman–Crippen MR) is 337 cm³/mol. The number of fused-ring (bicyclic) bond motifs is 6. The molecule has 2 aliphatic carbocycles. The van der Waals surface area contributed by atoms with Gasteiger partial charge in [-0.3, -0.25) is 0 Å². The van der Waals surface area contributed by atoms with Gasteiger partial charge in [0.15, 0.2) is 0 Å². The summed E-state index contributed by atoms with van der Waals surface area (Å²) in [6, 6.07) is 94.4. The van der Waals surface area contributed by atoms with Crippen molar-refractivity contribution < 1.29 is 15.6 Å². The molecule has 78 heavy (non-hydrogen) atoms. The first-order valence-electron chi connectivity index (χ1n) is 27.6. The maximum atomic E-state index is 9.82. The summed E-state index contributed by atoms with van der Waals surface area (Å²) in [6.45, 7) is 5.03. The van der Waals surface area contributed by atoms with E-state index in [0.29, 0.717) is 0 Å². The molecule has 0 spiro atoms. The standard InChI is InChI=1S/2C36H25.C2H7Si.2ClH.Zr/c2*1-2-10-25(11-3-1)22-26-23-35-33(31-18-8-14-27-12-4-6-16-29(27)31)20-21-34(36(35)24-26)32-19-9-15-28-13-5-7-17-30(28)32;1-3-2;;;/h2*1-21,23-24H,22H2;3H,1-2H3;2*1H;/q;;;;;+2/p-2. The van der Waals surface area contributed by atoms with E-state index in [1.807, 2.05) is 0 Å². The van der Waals surface area contributed by atoms with Gasteiger partial charge in [0.25, 0.3) is 0 Å². The van der Waals surface area contributed by atoms with Gasteiger partial charge >= 0.3 is 471 Å². The van der Waals surface area contributed by atoms with Crippen molar-refractivity contribution in [1.29, 1.82) is 0 Å². The Morgan fingerprint density at radius 2 is 0.590 bits per heavy atom. The van der Waals surface area contributed by atoms with E-state index in [1.54, 1.807) is 0 Å². The van der Waals surface area contributed by atoms with Crippen molar-refractivity contribution in [3.63, 3.8) is 0 Å². The van der Waals surface area contributed by atoms with E-state index in [-0.39, 0.29) is 7.25 Å². The maximum absolute atomic E-state index is 9.82. The third-order valence-corrected chi connectivity index (χ3v) is 69.3. The molecular formula is C74H57Cl2SiZr. The van der Waals surface area contributed by atoms with Crippen LogP contribution in [-0.4, -0.2) is 5.92 Å². The summed E-state index contributed by atoms with van der Waals surface area (Å²) in [5.41, 5.74) is 20.0. The zero-order valence-electron chi connectivity index (χ0n) is 43.8. The van der Waals surface area contributed by atoms with Crippen LogP contribution in [0.25, 0.3) is 99.7 Å². The Labute approximate surface area is 466 Å². The monoisotopic (exact) mass is 1130 g/mol. The molecule has 2 aliphatic rings. The van der Waals surface area contributed by atoms with Crippen molar-refractivity contribution in [1.82, 2.24) is 0 Å². The Bertz CT molecular complexity index is 4120. The molecule has 0 radical (unpaired) electrons. The Morgan fingerprint density at radius 3 is 0.923 bits per heavy atom. The quantitative estimate of drug-likeness (QED) is 0.113. The normalized spacial score (nSPS) is 15.6. The van der Waals surface area contributed by atoms with Crippen LogP contribution in [0, 0.1) is 0 Å². The van der Waals surface area contributed by atoms with Gasteiger partial charge in [-0.25, -0.2) is 0 Å². The van der Waals surface area contributed by atoms with Crippen molar-refractivity contribution in [2.24, 2.45) is 0 Å². The van der Waals surface area contributed by atoms with Crippen LogP contribution in [0.5, 0.6) is 0 Å². The second-order valence-corrected chi connectivity index (χ2v) is 64.6. The summed E-state index contributed by atoms with van der Waals surface area (Å²) < 4.78 is -0.477. The summed E-state index contributed by atoms with van der Waals surface area (Å²) in [4.78, 5) is 0. The van der Waals surface area contributed by atoms with Crippen molar-refractivity contribution in [3.05, 3.63) is 299 Å². The number of halogens is 2. The number of allylic oxidation sites excluding steroid dienone is 2. The third kappa shape index (κ3) is 8.01. The Kier molecular flexibility index (Phi) is 12.4. The van der Waals surface area contributed by atoms with Gasteiger partial charge in [-0.1, -0.05) is 0 Å². The first-order valence-corrected chi connectivity index (χ1v) is 43.9. The number of hydrogen-bond acceptors (Lipinski definition) is 0. The van der Waals surface area contributed by atoms with Gasteiger partial charge < -0.3 is 0 Å². The van der Waals surface area contributed by atoms with Crippen LogP contribution in [0.3, 0.4) is 0 Å². The Hall–Kier alpha value is -7.16. The molecule has 375 valence electrons. The van der Waals surface area contributed by atoms with E-state index >= 15 is 0 Å². The molecule has 0 saturated heterocycles. The van der Waals surface area contributed by atoms with Crippen molar-refractivity contribution >= 4 is 78.2 Å². The third-order valence-electron chi connectivity index (χ3n) is 17.6. The van der Waals surface area contributed by atoms with E-state index in [0.717, 1.165) is 12.8 Å². The van der Waals surface area contributed by atoms with Crippen LogP contribution in [0.1, 0.15) is 40.6 Å². The van der Waals surface area contributed by atoms with Crippen molar-refractivity contribution in [2.75, 3.05) is 0 Å². The van der Waals surface area contributed by atoms with E-state index in [4.69, 9.17) is 0 Å². The van der Waals surface area contributed by atoms with Crippen LogP contribution in [0.4, 0.5) is 0 Å². The van der Waals surface area contributed by atoms with E-state index in [1.165, 1.54) is 132 Å². The van der Waals surface area contributed by atoms with Gasteiger partial charge in [0.1, 0.15) is 0 Å². The van der Waals surface area contributed by atoms with Crippen molar-refractivity contribution in [3.8, 4) is 44.5 Å². The molecule has 2 atom stereocenters. The molecule has 0 aromatic heterocycles. The molecule has 12 aromatic carbocycles. The van der Waals surface area contributed by atoms with E-state index < -0.39 is 21.5 Å². The predicted octanol–water partition coefficient (Wildman–Crippen LogP) is 21.0. The number of hydrogen-bond donors (Lipinski definition) is 0. The van der Waals surface area contributed by atoms with Crippen LogP contribution in [0.15, 0.2) is 266 Å². The Morgan fingerprint density at radius 1 is 0.308 bits per heavy atom. The number of benzene rings is 12. The van der Waals surface area contributed by atoms with Gasteiger partial charge in [-0.05, 0) is 0 Å². The van der Waals surface area contributed by atoms with Gasteiger partial charge in [-0.15, -0.1) is 0 Å². The minimum absolute atomic E-state index is 0.239. The second kappa shape index (κ2) is 19.6. The van der Waals surface area contributed by atoms with Gasteiger partial charge in [0.05, 0.1) is 0 Å². The van der Waals surface area contributed by atoms with Crippen LogP contribution in [0.2, 0.25) is 13.1 Å². The van der Waals surface area contributed by atoms with Crippen molar-refractivity contribution in [2.45, 2.75) is 33.2 Å². The summed E-state index contributed by atoms with van der Waals surface area (Å²) in [6.07, 6.45) is 6.61. The first kappa shape index (κ1) is 49.2. The molecule has 0 amide bonds. The average molecular weight is 1140 g/mol. The summed E-state index contributed by atoms with van der Waals surface area (Å²) in [7, 11) is 19.6. The first-order chi connectivity index (χ1) is 38.2. The fourth-order valence-corrected chi connectivity index (χ4v) is 45.0.